The highest BCUT2D eigenvalue weighted by atomic mass is 36.0. The monoisotopic (exact) mass is 1240 g/mol. The summed E-state index contributed by atoms with van der Waals surface area (Å²) in [6, 6.07) is 18.0. The van der Waals surface area contributed by atoms with Crippen LogP contribution in [0.25, 0.3) is 0 Å². The average Bonchev–Trinajstić information content (AvgIpc) is 3.29. The number of carboxylic acid groups (broad SMARTS) is 1. The summed E-state index contributed by atoms with van der Waals surface area (Å²) in [6.07, 6.45) is 4.99. The summed E-state index contributed by atoms with van der Waals surface area (Å²) in [7, 11) is 0. The third-order valence-corrected chi connectivity index (χ3v) is 9.62. The molecule has 27 heteroatoms. The maximum Gasteiger partial charge on any atom is 0.339 e. The number of carboxylic acids is 1. The van der Waals surface area contributed by atoms with Crippen molar-refractivity contribution in [2.45, 2.75) is 125 Å². The molecule has 0 atom stereocenters. The minimum atomic E-state index is -3.22. The van der Waals surface area contributed by atoms with Crippen LogP contribution in [0, 0.1) is 56.3 Å². The number of anilines is 4. The van der Waals surface area contributed by atoms with Crippen molar-refractivity contribution < 1.29 is 49.4 Å². The quantitative estimate of drug-likeness (QED) is 0.0203. The van der Waals surface area contributed by atoms with Gasteiger partial charge < -0.3 is 32.4 Å². The van der Waals surface area contributed by atoms with E-state index >= 15 is 0 Å². The van der Waals surface area contributed by atoms with Gasteiger partial charge in [-0.1, -0.05) is 137 Å². The van der Waals surface area contributed by atoms with Crippen molar-refractivity contribution in [3.63, 3.8) is 0 Å². The maximum absolute atomic E-state index is 11.6. The van der Waals surface area contributed by atoms with Crippen molar-refractivity contribution in [3.05, 3.63) is 123 Å². The molecule has 0 radical (unpaired) electrons. The number of carbonyl (C=O) groups excluding carboxylic acids is 4. The number of nitrogens with one attached hydrogen (secondary N) is 2. The second-order valence-corrected chi connectivity index (χ2v) is 28.3. The molecule has 0 saturated carbocycles. The van der Waals surface area contributed by atoms with Gasteiger partial charge in [0, 0.05) is 47.2 Å². The number of rotatable bonds is 2. The van der Waals surface area contributed by atoms with Crippen LogP contribution in [0.5, 0.6) is 0 Å². The summed E-state index contributed by atoms with van der Waals surface area (Å²) in [5.41, 5.74) is 14.1. The van der Waals surface area contributed by atoms with Crippen LogP contribution in [0.15, 0.2) is 84.2 Å². The van der Waals surface area contributed by atoms with Crippen molar-refractivity contribution in [1.82, 2.24) is 24.7 Å². The summed E-state index contributed by atoms with van der Waals surface area (Å²) in [6.45, 7) is 32.5. The lowest BCUT2D eigenvalue weighted by atomic mass is 9.96. The molecule has 0 aromatic carbocycles. The number of amides is 3. The van der Waals surface area contributed by atoms with Gasteiger partial charge in [0.1, 0.15) is 33.6 Å². The fourth-order valence-electron chi connectivity index (χ4n) is 3.66. The molecule has 0 saturated heterocycles. The molecular weight excluding hydrogens is 1170 g/mol. The van der Waals surface area contributed by atoms with E-state index in [0.29, 0.717) is 33.6 Å². The minimum absolute atomic E-state index is 0.0196. The zero-order chi connectivity index (χ0) is 63.0. The first kappa shape index (κ1) is 80.1. The van der Waals surface area contributed by atoms with Gasteiger partial charge in [-0.05, 0) is 138 Å². The second-order valence-electron chi connectivity index (χ2n) is 20.6. The molecule has 5 aromatic heterocycles. The Bertz CT molecular complexity index is 2760. The van der Waals surface area contributed by atoms with Crippen LogP contribution in [-0.4, -0.2) is 74.4 Å². The molecule has 0 spiro atoms. The number of carbonyl (C=O) groups is 5. The van der Waals surface area contributed by atoms with E-state index in [1.54, 1.807) is 90.3 Å². The highest BCUT2D eigenvalue weighted by molar-refractivity contribution is 8.24. The predicted octanol–water partition coefficient (Wildman–Crippen LogP) is 14.2. The lowest BCUT2D eigenvalue weighted by molar-refractivity contribution is -0.176. The molecule has 0 unspecified atom stereocenters. The largest absolute Gasteiger partial charge is 0.481 e. The molecule has 0 aliphatic rings. The number of aliphatic carboxylic acids is 1. The topological polar surface area (TPSA) is 328 Å². The summed E-state index contributed by atoms with van der Waals surface area (Å²) >= 11 is 30.4. The predicted molar refractivity (Wildman–Crippen MR) is 321 cm³/mol. The number of hydrogen-bond acceptors (Lipinski definition) is 15. The lowest BCUT2D eigenvalue weighted by Gasteiger charge is -2.17. The van der Waals surface area contributed by atoms with Gasteiger partial charge in [0.05, 0.1) is 0 Å². The number of nitrogens with zero attached hydrogens (tertiary/aromatic N) is 6. The van der Waals surface area contributed by atoms with Gasteiger partial charge in [-0.25, -0.2) is 19.9 Å². The first-order chi connectivity index (χ1) is 35.7. The number of hydrogen-bond donors (Lipinski definition) is 8. The highest BCUT2D eigenvalue weighted by Crippen LogP contribution is 2.61. The molecule has 5 rings (SSSR count). The minimum Gasteiger partial charge on any atom is -0.481 e. The Hall–Kier alpha value is -5.41. The molecule has 0 bridgehead atoms. The number of nitrogen functional groups attached to an aromatic ring is 2. The Morgan fingerprint density at radius 1 is 0.582 bits per heavy atom. The van der Waals surface area contributed by atoms with E-state index in [4.69, 9.17) is 66.7 Å². The smallest absolute Gasteiger partial charge is 0.339 e. The number of pyridine rings is 5. The van der Waals surface area contributed by atoms with E-state index in [2.05, 4.69) is 69.3 Å². The fourth-order valence-corrected chi connectivity index (χ4v) is 3.98. The lowest BCUT2D eigenvalue weighted by Crippen LogP contribution is -2.28. The normalized spacial score (nSPS) is 10.7. The van der Waals surface area contributed by atoms with E-state index in [9.17, 15) is 29.0 Å². The van der Waals surface area contributed by atoms with Gasteiger partial charge in [-0.15, -0.1) is 0 Å². The SMILES string of the molecule is CC(=O)O.CC(C)(C)C(=O)Cl.Cc1ccc(=NC(=O)C(C)(C)C)n(O)c1.Cc1ccc(N)nc1.Cc1ccc(N)nc1Cl.Cc1ccc(NC(=O)C(C)(C)C)nc1.Cc1ccc(NC(=O)C(C)(C)C)nc1Cl.O=P(Cl)(Cl)Cl.OO. The average molecular weight is 1250 g/mol. The molecule has 5 aromatic rings. The van der Waals surface area contributed by atoms with Crippen molar-refractivity contribution in [2.24, 2.45) is 26.7 Å². The van der Waals surface area contributed by atoms with E-state index in [-0.39, 0.29) is 39.3 Å². The van der Waals surface area contributed by atoms with E-state index in [0.717, 1.165) is 39.5 Å². The molecule has 20 nitrogen and oxygen atoms in total. The summed E-state index contributed by atoms with van der Waals surface area (Å²) in [5, 5.41) is 31.8. The van der Waals surface area contributed by atoms with E-state index < -0.39 is 22.0 Å². The Morgan fingerprint density at radius 3 is 1.24 bits per heavy atom. The van der Waals surface area contributed by atoms with Crippen LogP contribution in [0.3, 0.4) is 0 Å². The Labute approximate surface area is 493 Å². The van der Waals surface area contributed by atoms with Crippen LogP contribution < -0.4 is 27.6 Å². The highest BCUT2D eigenvalue weighted by Gasteiger charge is 2.23. The summed E-state index contributed by atoms with van der Waals surface area (Å²) in [5.74, 6) is 0.958. The number of aromatic nitrogens is 5. The zero-order valence-corrected chi connectivity index (χ0v) is 53.2. The van der Waals surface area contributed by atoms with Gasteiger partial charge >= 0.3 is 5.20 Å². The number of nitrogens with two attached hydrogens (primary N) is 2. The standard InChI is InChI=1S/C11H15ClN2O.C11H16N2O2.C11H16N2O.C6H7ClN2.C6H8N2.C5H9ClO.C2H4O2.Cl3OP.H2O2/c1-7-5-6-8(13-9(7)12)14-10(15)11(2,3)4;1-8-5-6-9(13(15)7-8)12-10(14)11(2,3)4;1-8-5-6-9(12-7-8)13-10(14)11(2,3)4;1-4-2-3-5(8)9-6(4)7;1-5-2-3-6(7)8-4-5;1-5(2,3)4(6)7;1-2(3)4;1-5(2,3)4;1-2/h5-6H,1-4H3,(H,13,14,15);5-7,15H,1-4H3;5-7H,1-4H3,(H,12,13,14);2-3H,1H3,(H2,8,9);2-4H,1H3,(H2,7,8);1-3H3;1H3,(H,3,4);;1-2H. The Balaban J connectivity index is -0.000000418. The van der Waals surface area contributed by atoms with Crippen LogP contribution in [0.1, 0.15) is 118 Å². The van der Waals surface area contributed by atoms with E-state index in [1.165, 1.54) is 6.20 Å². The van der Waals surface area contributed by atoms with Crippen molar-refractivity contribution in [2.75, 3.05) is 22.1 Å². The van der Waals surface area contributed by atoms with Crippen molar-refractivity contribution in [1.29, 1.82) is 0 Å². The number of halogens is 6. The molecule has 0 aliphatic carbocycles. The van der Waals surface area contributed by atoms with Gasteiger partial charge in [0.15, 0.2) is 5.49 Å². The molecule has 79 heavy (non-hydrogen) atoms. The van der Waals surface area contributed by atoms with Crippen LogP contribution in [0.4, 0.5) is 23.3 Å². The van der Waals surface area contributed by atoms with Crippen LogP contribution in [-0.2, 0) is 28.5 Å². The zero-order valence-electron chi connectivity index (χ0n) is 47.8. The fraction of sp³-hybridized carbons (Fsp3) is 0.423. The molecule has 0 aliphatic heterocycles. The first-order valence-corrected chi connectivity index (χ1v) is 28.7. The molecule has 5 heterocycles. The Kier molecular flexibility index (Phi) is 38.8. The molecular formula is C52H77Cl6N10O10P. The molecule has 10 N–H and O–H groups in total. The second kappa shape index (κ2) is 38.3. The summed E-state index contributed by atoms with van der Waals surface area (Å²) < 4.78 is 10.4. The van der Waals surface area contributed by atoms with E-state index in [1.807, 2.05) is 100 Å². The van der Waals surface area contributed by atoms with Crippen molar-refractivity contribution in [3.8, 4) is 0 Å². The third kappa shape index (κ3) is 45.1. The number of aryl methyl sites for hydroxylation is 5. The third-order valence-electron chi connectivity index (χ3n) is 8.29. The molecule has 0 fully saturated rings. The molecule has 3 amide bonds. The first-order valence-electron chi connectivity index (χ1n) is 23.2. The van der Waals surface area contributed by atoms with Gasteiger partial charge in [-0.3, -0.25) is 39.1 Å². The van der Waals surface area contributed by atoms with Gasteiger partial charge in [-0.2, -0.15) is 9.72 Å². The van der Waals surface area contributed by atoms with Crippen LogP contribution >= 0.6 is 73.7 Å². The van der Waals surface area contributed by atoms with Crippen LogP contribution in [0.2, 0.25) is 10.3 Å². The summed E-state index contributed by atoms with van der Waals surface area (Å²) in [4.78, 5) is 73.7. The van der Waals surface area contributed by atoms with Crippen molar-refractivity contribution >= 4 is 126 Å². The molecule has 442 valence electrons. The Morgan fingerprint density at radius 2 is 0.937 bits per heavy atom. The maximum atomic E-state index is 11.6. The van der Waals surface area contributed by atoms with Gasteiger partial charge in [0.25, 0.3) is 11.9 Å². The van der Waals surface area contributed by atoms with Gasteiger partial charge in [0.2, 0.25) is 17.1 Å².